The monoisotopic (exact) mass is 241 g/mol. The molecule has 16 heavy (non-hydrogen) atoms. The number of rotatable bonds is 2. The van der Waals surface area contributed by atoms with E-state index in [1.54, 1.807) is 0 Å². The SMILES string of the molecule is COc1cc(C(F)(F)F)nc(C)c1C(F)F. The van der Waals surface area contributed by atoms with Crippen LogP contribution in [0, 0.1) is 6.92 Å². The average Bonchev–Trinajstić information content (AvgIpc) is 2.14. The summed E-state index contributed by atoms with van der Waals surface area (Å²) in [5.74, 6) is -0.505. The van der Waals surface area contributed by atoms with Crippen LogP contribution in [0.5, 0.6) is 5.75 Å². The second-order valence-electron chi connectivity index (χ2n) is 3.01. The van der Waals surface area contributed by atoms with Crippen molar-refractivity contribution in [3.63, 3.8) is 0 Å². The number of methoxy groups -OCH3 is 1. The van der Waals surface area contributed by atoms with E-state index in [-0.39, 0.29) is 5.69 Å². The Balaban J connectivity index is 3.38. The summed E-state index contributed by atoms with van der Waals surface area (Å²) in [4.78, 5) is 3.09. The zero-order chi connectivity index (χ0) is 12.5. The van der Waals surface area contributed by atoms with Gasteiger partial charge in [0.25, 0.3) is 6.43 Å². The van der Waals surface area contributed by atoms with Crippen LogP contribution < -0.4 is 4.74 Å². The number of aromatic nitrogens is 1. The molecule has 1 aromatic heterocycles. The van der Waals surface area contributed by atoms with Crippen LogP contribution in [-0.4, -0.2) is 12.1 Å². The van der Waals surface area contributed by atoms with Crippen molar-refractivity contribution in [3.8, 4) is 5.75 Å². The summed E-state index contributed by atoms with van der Waals surface area (Å²) in [5.41, 5.74) is -2.25. The number of hydrogen-bond acceptors (Lipinski definition) is 2. The molecule has 0 unspecified atom stereocenters. The molecule has 7 heteroatoms. The number of aryl methyl sites for hydroxylation is 1. The van der Waals surface area contributed by atoms with Gasteiger partial charge in [0.2, 0.25) is 0 Å². The summed E-state index contributed by atoms with van der Waals surface area (Å²) in [7, 11) is 1.03. The largest absolute Gasteiger partial charge is 0.496 e. The van der Waals surface area contributed by atoms with Crippen molar-refractivity contribution in [1.82, 2.24) is 4.98 Å². The molecule has 0 N–H and O–H groups in total. The molecular formula is C9H8F5NO. The maximum atomic E-state index is 12.5. The molecule has 0 saturated carbocycles. The Kier molecular flexibility index (Phi) is 3.35. The Labute approximate surface area is 88.1 Å². The molecule has 0 fully saturated rings. The predicted octanol–water partition coefficient (Wildman–Crippen LogP) is 3.36. The van der Waals surface area contributed by atoms with E-state index < -0.39 is 29.6 Å². The van der Waals surface area contributed by atoms with Gasteiger partial charge in [-0.25, -0.2) is 13.8 Å². The zero-order valence-corrected chi connectivity index (χ0v) is 8.40. The zero-order valence-electron chi connectivity index (χ0n) is 8.40. The van der Waals surface area contributed by atoms with E-state index in [2.05, 4.69) is 9.72 Å². The molecule has 0 spiro atoms. The van der Waals surface area contributed by atoms with Gasteiger partial charge < -0.3 is 4.74 Å². The first kappa shape index (κ1) is 12.7. The summed E-state index contributed by atoms with van der Waals surface area (Å²) >= 11 is 0. The Bertz CT molecular complexity index is 388. The molecule has 0 amide bonds. The second-order valence-corrected chi connectivity index (χ2v) is 3.01. The fraction of sp³-hybridized carbons (Fsp3) is 0.444. The minimum absolute atomic E-state index is 0.387. The van der Waals surface area contributed by atoms with Gasteiger partial charge in [-0.3, -0.25) is 0 Å². The molecule has 1 rings (SSSR count). The van der Waals surface area contributed by atoms with Gasteiger partial charge in [-0.15, -0.1) is 0 Å². The summed E-state index contributed by atoms with van der Waals surface area (Å²) in [6.07, 6.45) is -7.61. The van der Waals surface area contributed by atoms with E-state index in [4.69, 9.17) is 0 Å². The van der Waals surface area contributed by atoms with E-state index in [0.717, 1.165) is 14.0 Å². The molecule has 1 aromatic rings. The van der Waals surface area contributed by atoms with Crippen molar-refractivity contribution >= 4 is 0 Å². The van der Waals surface area contributed by atoms with Crippen molar-refractivity contribution in [2.24, 2.45) is 0 Å². The van der Waals surface area contributed by atoms with Crippen molar-refractivity contribution in [2.45, 2.75) is 19.5 Å². The molecule has 0 radical (unpaired) electrons. The summed E-state index contributed by atoms with van der Waals surface area (Å²) in [5, 5.41) is 0. The van der Waals surface area contributed by atoms with E-state index in [9.17, 15) is 22.0 Å². The standard InChI is InChI=1S/C9H8F5NO/c1-4-7(8(10)11)5(16-2)3-6(15-4)9(12,13)14/h3,8H,1-2H3. The molecule has 0 saturated heterocycles. The van der Waals surface area contributed by atoms with E-state index in [1.807, 2.05) is 0 Å². The Morgan fingerprint density at radius 3 is 2.25 bits per heavy atom. The first-order chi connectivity index (χ1) is 7.27. The molecule has 0 bridgehead atoms. The number of halogens is 5. The second kappa shape index (κ2) is 4.23. The van der Waals surface area contributed by atoms with Crippen LogP contribution in [0.25, 0.3) is 0 Å². The van der Waals surface area contributed by atoms with Crippen LogP contribution in [0.1, 0.15) is 23.4 Å². The Morgan fingerprint density at radius 2 is 1.88 bits per heavy atom. The first-order valence-corrected chi connectivity index (χ1v) is 4.18. The maximum absolute atomic E-state index is 12.5. The molecule has 0 aliphatic rings. The summed E-state index contributed by atoms with van der Waals surface area (Å²) in [6.45, 7) is 1.08. The normalized spacial score (nSPS) is 12.0. The fourth-order valence-electron chi connectivity index (χ4n) is 1.23. The van der Waals surface area contributed by atoms with E-state index in [1.165, 1.54) is 0 Å². The maximum Gasteiger partial charge on any atom is 0.433 e. The molecule has 1 heterocycles. The van der Waals surface area contributed by atoms with Gasteiger partial charge in [0.1, 0.15) is 11.4 Å². The van der Waals surface area contributed by atoms with Crippen LogP contribution in [0.15, 0.2) is 6.07 Å². The minimum atomic E-state index is -4.68. The molecule has 0 aliphatic heterocycles. The topological polar surface area (TPSA) is 22.1 Å². The van der Waals surface area contributed by atoms with Crippen molar-refractivity contribution in [3.05, 3.63) is 23.0 Å². The third-order valence-corrected chi connectivity index (χ3v) is 1.94. The average molecular weight is 241 g/mol. The third-order valence-electron chi connectivity index (χ3n) is 1.94. The highest BCUT2D eigenvalue weighted by Crippen LogP contribution is 2.36. The lowest BCUT2D eigenvalue weighted by molar-refractivity contribution is -0.141. The number of nitrogens with zero attached hydrogens (tertiary/aromatic N) is 1. The molecule has 0 atom stereocenters. The van der Waals surface area contributed by atoms with Crippen LogP contribution in [0.4, 0.5) is 22.0 Å². The number of alkyl halides is 5. The predicted molar refractivity (Wildman–Crippen MR) is 45.5 cm³/mol. The molecule has 2 nitrogen and oxygen atoms in total. The van der Waals surface area contributed by atoms with Crippen molar-refractivity contribution < 1.29 is 26.7 Å². The molecule has 90 valence electrons. The highest BCUT2D eigenvalue weighted by atomic mass is 19.4. The van der Waals surface area contributed by atoms with Gasteiger partial charge in [0.15, 0.2) is 0 Å². The van der Waals surface area contributed by atoms with Gasteiger partial charge in [0, 0.05) is 6.07 Å². The minimum Gasteiger partial charge on any atom is -0.496 e. The first-order valence-electron chi connectivity index (χ1n) is 4.18. The van der Waals surface area contributed by atoms with E-state index >= 15 is 0 Å². The summed E-state index contributed by atoms with van der Waals surface area (Å²) in [6, 6.07) is 0.467. The molecule has 0 aliphatic carbocycles. The lowest BCUT2D eigenvalue weighted by atomic mass is 10.1. The van der Waals surface area contributed by atoms with Crippen LogP contribution in [0.2, 0.25) is 0 Å². The van der Waals surface area contributed by atoms with Crippen LogP contribution in [0.3, 0.4) is 0 Å². The number of ether oxygens (including phenoxy) is 1. The molecule has 0 aromatic carbocycles. The highest BCUT2D eigenvalue weighted by Gasteiger charge is 2.35. The quantitative estimate of drug-likeness (QED) is 0.740. The van der Waals surface area contributed by atoms with Crippen molar-refractivity contribution in [1.29, 1.82) is 0 Å². The third kappa shape index (κ3) is 2.40. The number of hydrogen-bond donors (Lipinski definition) is 0. The summed E-state index contributed by atoms with van der Waals surface area (Å²) < 4.78 is 66.4. The van der Waals surface area contributed by atoms with Gasteiger partial charge in [-0.1, -0.05) is 0 Å². The van der Waals surface area contributed by atoms with Crippen molar-refractivity contribution in [2.75, 3.05) is 7.11 Å². The smallest absolute Gasteiger partial charge is 0.433 e. The lowest BCUT2D eigenvalue weighted by Crippen LogP contribution is -2.11. The number of pyridine rings is 1. The van der Waals surface area contributed by atoms with Crippen LogP contribution >= 0.6 is 0 Å². The van der Waals surface area contributed by atoms with Gasteiger partial charge in [-0.05, 0) is 6.92 Å². The van der Waals surface area contributed by atoms with E-state index in [0.29, 0.717) is 6.07 Å². The molecular weight excluding hydrogens is 233 g/mol. The lowest BCUT2D eigenvalue weighted by Gasteiger charge is -2.13. The highest BCUT2D eigenvalue weighted by molar-refractivity contribution is 5.39. The van der Waals surface area contributed by atoms with Gasteiger partial charge >= 0.3 is 6.18 Å². The van der Waals surface area contributed by atoms with Gasteiger partial charge in [0.05, 0.1) is 18.4 Å². The van der Waals surface area contributed by atoms with Crippen LogP contribution in [-0.2, 0) is 6.18 Å². The Hall–Kier alpha value is -1.40. The van der Waals surface area contributed by atoms with Gasteiger partial charge in [-0.2, -0.15) is 13.2 Å². The Morgan fingerprint density at radius 1 is 1.31 bits per heavy atom. The fourth-order valence-corrected chi connectivity index (χ4v) is 1.23.